The molecule has 0 aromatic heterocycles. The average Bonchev–Trinajstić information content (AvgIpc) is 2.66. The molecule has 0 aliphatic heterocycles. The molecular weight excluding hydrogens is 322 g/mol. The summed E-state index contributed by atoms with van der Waals surface area (Å²) in [7, 11) is 4.47. The molecule has 6 heteroatoms. The Morgan fingerprint density at radius 1 is 0.960 bits per heavy atom. The summed E-state index contributed by atoms with van der Waals surface area (Å²) in [4.78, 5) is 23.5. The van der Waals surface area contributed by atoms with Crippen LogP contribution in [0.25, 0.3) is 0 Å². The summed E-state index contributed by atoms with van der Waals surface area (Å²) >= 11 is 0. The van der Waals surface area contributed by atoms with E-state index in [2.05, 4.69) is 10.1 Å². The summed E-state index contributed by atoms with van der Waals surface area (Å²) in [5.41, 5.74) is 2.14. The van der Waals surface area contributed by atoms with Gasteiger partial charge in [-0.25, -0.2) is 4.79 Å². The van der Waals surface area contributed by atoms with Gasteiger partial charge in [-0.1, -0.05) is 18.2 Å². The maximum atomic E-state index is 12.2. The molecule has 0 heterocycles. The van der Waals surface area contributed by atoms with Gasteiger partial charge in [-0.2, -0.15) is 0 Å². The van der Waals surface area contributed by atoms with Crippen molar-refractivity contribution in [2.45, 2.75) is 13.0 Å². The second kappa shape index (κ2) is 8.73. The van der Waals surface area contributed by atoms with Crippen molar-refractivity contribution in [2.75, 3.05) is 21.3 Å². The minimum Gasteiger partial charge on any atom is -0.497 e. The van der Waals surface area contributed by atoms with Crippen molar-refractivity contribution < 1.29 is 23.8 Å². The van der Waals surface area contributed by atoms with E-state index in [0.29, 0.717) is 23.6 Å². The van der Waals surface area contributed by atoms with Gasteiger partial charge >= 0.3 is 5.97 Å². The first-order chi connectivity index (χ1) is 12.1. The molecule has 2 aromatic carbocycles. The Morgan fingerprint density at radius 2 is 1.68 bits per heavy atom. The van der Waals surface area contributed by atoms with Crippen LogP contribution >= 0.6 is 0 Å². The van der Waals surface area contributed by atoms with Gasteiger partial charge in [0.15, 0.2) is 0 Å². The van der Waals surface area contributed by atoms with Gasteiger partial charge in [0.05, 0.1) is 33.3 Å². The Balaban J connectivity index is 1.93. The van der Waals surface area contributed by atoms with E-state index >= 15 is 0 Å². The zero-order chi connectivity index (χ0) is 18.2. The van der Waals surface area contributed by atoms with Crippen molar-refractivity contribution in [3.05, 3.63) is 59.2 Å². The summed E-state index contributed by atoms with van der Waals surface area (Å²) in [6.07, 6.45) is 0.202. The lowest BCUT2D eigenvalue weighted by atomic mass is 10.1. The van der Waals surface area contributed by atoms with Gasteiger partial charge in [0.25, 0.3) is 0 Å². The van der Waals surface area contributed by atoms with Crippen LogP contribution in [0.15, 0.2) is 42.5 Å². The maximum absolute atomic E-state index is 12.2. The van der Waals surface area contributed by atoms with Gasteiger partial charge in [0, 0.05) is 18.2 Å². The van der Waals surface area contributed by atoms with Crippen molar-refractivity contribution in [1.29, 1.82) is 0 Å². The van der Waals surface area contributed by atoms with E-state index in [-0.39, 0.29) is 18.3 Å². The van der Waals surface area contributed by atoms with E-state index < -0.39 is 0 Å². The molecule has 0 atom stereocenters. The van der Waals surface area contributed by atoms with E-state index in [4.69, 9.17) is 9.47 Å². The van der Waals surface area contributed by atoms with Crippen LogP contribution in [0.1, 0.15) is 21.5 Å². The first-order valence-electron chi connectivity index (χ1n) is 7.72. The molecule has 6 nitrogen and oxygen atoms in total. The lowest BCUT2D eigenvalue weighted by Gasteiger charge is -2.11. The number of benzene rings is 2. The Morgan fingerprint density at radius 3 is 2.28 bits per heavy atom. The van der Waals surface area contributed by atoms with E-state index in [1.165, 1.54) is 7.11 Å². The second-order valence-electron chi connectivity index (χ2n) is 5.32. The zero-order valence-corrected chi connectivity index (χ0v) is 14.5. The van der Waals surface area contributed by atoms with Crippen molar-refractivity contribution >= 4 is 11.9 Å². The number of nitrogens with one attached hydrogen (secondary N) is 1. The Labute approximate surface area is 146 Å². The zero-order valence-electron chi connectivity index (χ0n) is 14.5. The van der Waals surface area contributed by atoms with Crippen molar-refractivity contribution in [3.63, 3.8) is 0 Å². The third-order valence-corrected chi connectivity index (χ3v) is 3.71. The number of ether oxygens (including phenoxy) is 3. The molecule has 0 spiro atoms. The van der Waals surface area contributed by atoms with E-state index in [1.54, 1.807) is 50.6 Å². The maximum Gasteiger partial charge on any atom is 0.337 e. The predicted molar refractivity (Wildman–Crippen MR) is 92.9 cm³/mol. The molecule has 0 bridgehead atoms. The molecule has 1 amide bonds. The molecule has 0 radical (unpaired) electrons. The molecule has 0 aliphatic rings. The van der Waals surface area contributed by atoms with Crippen molar-refractivity contribution in [2.24, 2.45) is 0 Å². The highest BCUT2D eigenvalue weighted by Crippen LogP contribution is 2.24. The molecule has 0 fully saturated rings. The number of rotatable bonds is 7. The normalized spacial score (nSPS) is 10.0. The lowest BCUT2D eigenvalue weighted by molar-refractivity contribution is -0.120. The van der Waals surface area contributed by atoms with Gasteiger partial charge in [0.1, 0.15) is 11.5 Å². The van der Waals surface area contributed by atoms with Crippen molar-refractivity contribution in [3.8, 4) is 11.5 Å². The molecule has 2 rings (SSSR count). The second-order valence-corrected chi connectivity index (χ2v) is 5.32. The number of esters is 1. The van der Waals surface area contributed by atoms with Crippen LogP contribution in [0.3, 0.4) is 0 Å². The molecule has 132 valence electrons. The van der Waals surface area contributed by atoms with E-state index in [0.717, 1.165) is 11.1 Å². The van der Waals surface area contributed by atoms with Crippen LogP contribution in [-0.4, -0.2) is 33.2 Å². The van der Waals surface area contributed by atoms with Crippen LogP contribution in [0, 0.1) is 0 Å². The molecular formula is C19H21NO5. The van der Waals surface area contributed by atoms with E-state index in [1.807, 2.05) is 6.07 Å². The predicted octanol–water partition coefficient (Wildman–Crippen LogP) is 2.35. The number of amides is 1. The largest absolute Gasteiger partial charge is 0.497 e. The highest BCUT2D eigenvalue weighted by Gasteiger charge is 2.10. The fourth-order valence-electron chi connectivity index (χ4n) is 2.31. The third-order valence-electron chi connectivity index (χ3n) is 3.71. The molecule has 0 unspecified atom stereocenters. The summed E-state index contributed by atoms with van der Waals surface area (Å²) in [6, 6.07) is 12.2. The van der Waals surface area contributed by atoms with Gasteiger partial charge < -0.3 is 19.5 Å². The number of methoxy groups -OCH3 is 3. The summed E-state index contributed by atoms with van der Waals surface area (Å²) < 4.78 is 15.1. The first-order valence-corrected chi connectivity index (χ1v) is 7.72. The molecule has 2 aromatic rings. The fourth-order valence-corrected chi connectivity index (χ4v) is 2.31. The first kappa shape index (κ1) is 18.3. The number of hydrogen-bond donors (Lipinski definition) is 1. The Bertz CT molecular complexity index is 740. The fraction of sp³-hybridized carbons (Fsp3) is 0.263. The molecule has 0 saturated carbocycles. The summed E-state index contributed by atoms with van der Waals surface area (Å²) in [6.45, 7) is 0.374. The number of carbonyl (C=O) groups is 2. The topological polar surface area (TPSA) is 73.9 Å². The molecule has 1 N–H and O–H groups in total. The number of hydrogen-bond acceptors (Lipinski definition) is 5. The molecule has 0 saturated heterocycles. The van der Waals surface area contributed by atoms with E-state index in [9.17, 15) is 9.59 Å². The molecule has 25 heavy (non-hydrogen) atoms. The minimum absolute atomic E-state index is 0.125. The van der Waals surface area contributed by atoms with Gasteiger partial charge in [0.2, 0.25) is 5.91 Å². The minimum atomic E-state index is -0.387. The Hall–Kier alpha value is -3.02. The van der Waals surface area contributed by atoms with Gasteiger partial charge in [-0.05, 0) is 23.8 Å². The summed E-state index contributed by atoms with van der Waals surface area (Å²) in [5.74, 6) is 0.770. The molecule has 0 aliphatic carbocycles. The lowest BCUT2D eigenvalue weighted by Crippen LogP contribution is -2.24. The van der Waals surface area contributed by atoms with Crippen LogP contribution < -0.4 is 14.8 Å². The highest BCUT2D eigenvalue weighted by atomic mass is 16.5. The highest BCUT2D eigenvalue weighted by molar-refractivity contribution is 5.89. The SMILES string of the molecule is COC(=O)c1ccc(CNC(=O)Cc2ccc(OC)cc2OC)cc1. The van der Waals surface area contributed by atoms with Crippen LogP contribution in [0.4, 0.5) is 0 Å². The van der Waals surface area contributed by atoms with Crippen LogP contribution in [0.2, 0.25) is 0 Å². The quantitative estimate of drug-likeness (QED) is 0.781. The standard InChI is InChI=1S/C19H21NO5/c1-23-16-9-8-15(17(11-16)24-2)10-18(21)20-12-13-4-6-14(7-5-13)19(22)25-3/h4-9,11H,10,12H2,1-3H3,(H,20,21). The van der Waals surface area contributed by atoms with Gasteiger partial charge in [-0.15, -0.1) is 0 Å². The summed E-state index contributed by atoms with van der Waals surface area (Å²) in [5, 5.41) is 2.85. The number of carbonyl (C=O) groups excluding carboxylic acids is 2. The van der Waals surface area contributed by atoms with Crippen LogP contribution in [-0.2, 0) is 22.5 Å². The smallest absolute Gasteiger partial charge is 0.337 e. The van der Waals surface area contributed by atoms with Gasteiger partial charge in [-0.3, -0.25) is 4.79 Å². The monoisotopic (exact) mass is 343 g/mol. The third kappa shape index (κ3) is 4.97. The Kier molecular flexibility index (Phi) is 6.39. The average molecular weight is 343 g/mol. The van der Waals surface area contributed by atoms with Crippen molar-refractivity contribution in [1.82, 2.24) is 5.32 Å². The van der Waals surface area contributed by atoms with Crippen LogP contribution in [0.5, 0.6) is 11.5 Å².